The molecule has 2 aliphatic rings. The Labute approximate surface area is 127 Å². The molecule has 0 aromatic carbocycles. The molecule has 3 rings (SSSR count). The van der Waals surface area contributed by atoms with Crippen LogP contribution in [0.5, 0.6) is 0 Å². The molecule has 2 aliphatic heterocycles. The van der Waals surface area contributed by atoms with Crippen LogP contribution >= 0.6 is 0 Å². The summed E-state index contributed by atoms with van der Waals surface area (Å²) in [7, 11) is 0. The Hall–Kier alpha value is -2.38. The van der Waals surface area contributed by atoms with Crippen molar-refractivity contribution in [3.05, 3.63) is 17.0 Å². The lowest BCUT2D eigenvalue weighted by Gasteiger charge is -2.37. The van der Waals surface area contributed by atoms with Gasteiger partial charge in [-0.15, -0.1) is 0 Å². The fraction of sp³-hybridized carbons (Fsp3) is 0.571. The molecule has 4 amide bonds. The molecule has 8 nitrogen and oxygen atoms in total. The van der Waals surface area contributed by atoms with Gasteiger partial charge in [0, 0.05) is 18.7 Å². The van der Waals surface area contributed by atoms with E-state index in [9.17, 15) is 14.4 Å². The highest BCUT2D eigenvalue weighted by Crippen LogP contribution is 2.26. The van der Waals surface area contributed by atoms with Crippen molar-refractivity contribution >= 4 is 17.8 Å². The summed E-state index contributed by atoms with van der Waals surface area (Å²) in [6.45, 7) is 4.47. The summed E-state index contributed by atoms with van der Waals surface area (Å²) < 4.78 is 5.06. The number of imide groups is 1. The lowest BCUT2D eigenvalue weighted by Crippen LogP contribution is -2.56. The summed E-state index contributed by atoms with van der Waals surface area (Å²) in [6, 6.07) is -0.458. The van der Waals surface area contributed by atoms with Crippen molar-refractivity contribution in [3.8, 4) is 0 Å². The number of nitrogens with zero attached hydrogens (tertiary/aromatic N) is 2. The Balaban J connectivity index is 1.63. The smallest absolute Gasteiger partial charge is 0.322 e. The van der Waals surface area contributed by atoms with Gasteiger partial charge < -0.3 is 14.7 Å². The number of aromatic nitrogens is 1. The van der Waals surface area contributed by atoms with Gasteiger partial charge in [0.15, 0.2) is 0 Å². The number of amides is 4. The summed E-state index contributed by atoms with van der Waals surface area (Å²) >= 11 is 0. The molecule has 2 N–H and O–H groups in total. The zero-order valence-corrected chi connectivity index (χ0v) is 12.6. The highest BCUT2D eigenvalue weighted by atomic mass is 16.5. The molecule has 2 fully saturated rings. The van der Waals surface area contributed by atoms with E-state index < -0.39 is 11.6 Å². The van der Waals surface area contributed by atoms with Gasteiger partial charge in [0.25, 0.3) is 5.91 Å². The molecule has 118 valence electrons. The third-order valence-corrected chi connectivity index (χ3v) is 4.49. The molecule has 0 atom stereocenters. The van der Waals surface area contributed by atoms with E-state index in [0.717, 1.165) is 11.3 Å². The lowest BCUT2D eigenvalue weighted by molar-refractivity contribution is -0.135. The first-order chi connectivity index (χ1) is 10.4. The molecule has 0 radical (unpaired) electrons. The zero-order valence-electron chi connectivity index (χ0n) is 12.6. The third-order valence-electron chi connectivity index (χ3n) is 4.49. The second-order valence-electron chi connectivity index (χ2n) is 5.85. The van der Waals surface area contributed by atoms with Crippen LogP contribution in [0.4, 0.5) is 4.79 Å². The van der Waals surface area contributed by atoms with E-state index in [1.165, 1.54) is 0 Å². The van der Waals surface area contributed by atoms with Crippen molar-refractivity contribution in [1.82, 2.24) is 20.7 Å². The van der Waals surface area contributed by atoms with Crippen molar-refractivity contribution in [3.63, 3.8) is 0 Å². The fourth-order valence-corrected chi connectivity index (χ4v) is 3.04. The van der Waals surface area contributed by atoms with Gasteiger partial charge in [-0.05, 0) is 26.7 Å². The monoisotopic (exact) mass is 306 g/mol. The molecule has 2 saturated heterocycles. The number of hydrogen-bond donors (Lipinski definition) is 2. The van der Waals surface area contributed by atoms with Crippen molar-refractivity contribution in [1.29, 1.82) is 0 Å². The Bertz CT molecular complexity index is 624. The summed E-state index contributed by atoms with van der Waals surface area (Å²) in [5.74, 6) is 0.339. The van der Waals surface area contributed by atoms with Gasteiger partial charge in [-0.3, -0.25) is 14.9 Å². The average Bonchev–Trinajstić information content (AvgIpc) is 2.93. The number of likely N-dealkylation sites (tertiary alicyclic amines) is 1. The predicted molar refractivity (Wildman–Crippen MR) is 74.9 cm³/mol. The van der Waals surface area contributed by atoms with Crippen LogP contribution in [-0.2, 0) is 16.0 Å². The standard InChI is InChI=1S/C14H18N4O4/c1-8-10(9(2)22-17-8)7-11(19)18-5-3-14(4-6-18)12(20)15-13(21)16-14/h3-7H2,1-2H3,(H2,15,16,20,21). The van der Waals surface area contributed by atoms with Crippen LogP contribution in [0.25, 0.3) is 0 Å². The van der Waals surface area contributed by atoms with Gasteiger partial charge in [-0.2, -0.15) is 0 Å². The minimum Gasteiger partial charge on any atom is -0.361 e. The number of nitrogens with one attached hydrogen (secondary N) is 2. The topological polar surface area (TPSA) is 105 Å². The Morgan fingerprint density at radius 2 is 2.00 bits per heavy atom. The molecular weight excluding hydrogens is 288 g/mol. The number of carbonyl (C=O) groups excluding carboxylic acids is 3. The molecule has 1 spiro atoms. The second kappa shape index (κ2) is 5.11. The van der Waals surface area contributed by atoms with Crippen LogP contribution in [0, 0.1) is 13.8 Å². The SMILES string of the molecule is Cc1noc(C)c1CC(=O)N1CCC2(CC1)NC(=O)NC2=O. The maximum absolute atomic E-state index is 12.4. The minimum absolute atomic E-state index is 0.0195. The number of aryl methyl sites for hydroxylation is 2. The van der Waals surface area contributed by atoms with E-state index in [2.05, 4.69) is 15.8 Å². The first-order valence-corrected chi connectivity index (χ1v) is 7.24. The van der Waals surface area contributed by atoms with Gasteiger partial charge in [0.05, 0.1) is 12.1 Å². The molecule has 0 unspecified atom stereocenters. The molecule has 8 heteroatoms. The number of rotatable bonds is 2. The van der Waals surface area contributed by atoms with Gasteiger partial charge >= 0.3 is 6.03 Å². The summed E-state index contributed by atoms with van der Waals surface area (Å²) in [4.78, 5) is 37.3. The number of hydrogen-bond acceptors (Lipinski definition) is 5. The van der Waals surface area contributed by atoms with Crippen LogP contribution in [0.2, 0.25) is 0 Å². The largest absolute Gasteiger partial charge is 0.361 e. The van der Waals surface area contributed by atoms with Crippen LogP contribution in [0.3, 0.4) is 0 Å². The van der Waals surface area contributed by atoms with E-state index in [1.54, 1.807) is 11.8 Å². The fourth-order valence-electron chi connectivity index (χ4n) is 3.04. The quantitative estimate of drug-likeness (QED) is 0.750. The van der Waals surface area contributed by atoms with Gasteiger partial charge in [-0.25, -0.2) is 4.79 Å². The van der Waals surface area contributed by atoms with E-state index in [-0.39, 0.29) is 18.2 Å². The first kappa shape index (κ1) is 14.6. The van der Waals surface area contributed by atoms with Crippen molar-refractivity contribution < 1.29 is 18.9 Å². The number of piperidine rings is 1. The van der Waals surface area contributed by atoms with Crippen LogP contribution in [-0.4, -0.2) is 46.5 Å². The van der Waals surface area contributed by atoms with Gasteiger partial charge in [0.1, 0.15) is 11.3 Å². The van der Waals surface area contributed by atoms with Crippen molar-refractivity contribution in [2.75, 3.05) is 13.1 Å². The maximum atomic E-state index is 12.4. The summed E-state index contributed by atoms with van der Waals surface area (Å²) in [6.07, 6.45) is 1.10. The highest BCUT2D eigenvalue weighted by molar-refractivity contribution is 6.07. The Morgan fingerprint density at radius 3 is 2.50 bits per heavy atom. The van der Waals surface area contributed by atoms with Crippen molar-refractivity contribution in [2.24, 2.45) is 0 Å². The van der Waals surface area contributed by atoms with E-state index in [0.29, 0.717) is 31.7 Å². The molecule has 1 aromatic heterocycles. The van der Waals surface area contributed by atoms with Gasteiger partial charge in [0.2, 0.25) is 5.91 Å². The molecule has 0 bridgehead atoms. The number of carbonyl (C=O) groups is 3. The molecule has 0 saturated carbocycles. The minimum atomic E-state index is -0.850. The first-order valence-electron chi connectivity index (χ1n) is 7.24. The third kappa shape index (κ3) is 2.34. The molecule has 22 heavy (non-hydrogen) atoms. The van der Waals surface area contributed by atoms with E-state index in [1.807, 2.05) is 6.92 Å². The van der Waals surface area contributed by atoms with Gasteiger partial charge in [-0.1, -0.05) is 5.16 Å². The molecular formula is C14H18N4O4. The summed E-state index contributed by atoms with van der Waals surface area (Å²) in [5.41, 5.74) is 0.690. The van der Waals surface area contributed by atoms with Crippen molar-refractivity contribution in [2.45, 2.75) is 38.6 Å². The zero-order chi connectivity index (χ0) is 15.9. The van der Waals surface area contributed by atoms with Crippen LogP contribution < -0.4 is 10.6 Å². The average molecular weight is 306 g/mol. The predicted octanol–water partition coefficient (Wildman–Crippen LogP) is 0.0345. The normalized spacial score (nSPS) is 20.2. The Kier molecular flexibility index (Phi) is 3.38. The molecule has 0 aliphatic carbocycles. The lowest BCUT2D eigenvalue weighted by atomic mass is 9.87. The van der Waals surface area contributed by atoms with Crippen LogP contribution in [0.1, 0.15) is 29.9 Å². The van der Waals surface area contributed by atoms with Crippen LogP contribution in [0.15, 0.2) is 4.52 Å². The highest BCUT2D eigenvalue weighted by Gasteiger charge is 2.48. The summed E-state index contributed by atoms with van der Waals surface area (Å²) in [5, 5.41) is 8.78. The second-order valence-corrected chi connectivity index (χ2v) is 5.85. The van der Waals surface area contributed by atoms with E-state index >= 15 is 0 Å². The Morgan fingerprint density at radius 1 is 1.32 bits per heavy atom. The molecule has 3 heterocycles. The maximum Gasteiger partial charge on any atom is 0.322 e. The number of urea groups is 1. The van der Waals surface area contributed by atoms with E-state index in [4.69, 9.17) is 4.52 Å². The molecule has 1 aromatic rings.